The van der Waals surface area contributed by atoms with Crippen molar-refractivity contribution in [2.45, 2.75) is 26.1 Å². The van der Waals surface area contributed by atoms with Gasteiger partial charge in [-0.3, -0.25) is 4.90 Å². The van der Waals surface area contributed by atoms with Crippen molar-refractivity contribution in [3.8, 4) is 0 Å². The number of benzene rings is 2. The maximum absolute atomic E-state index is 11.8. The van der Waals surface area contributed by atoms with Crippen molar-refractivity contribution in [1.29, 1.82) is 0 Å². The smallest absolute Gasteiger partial charge is 0.173 e. The Kier molecular flexibility index (Phi) is 4.64. The number of hydrogen-bond donors (Lipinski definition) is 0. The third-order valence-corrected chi connectivity index (χ3v) is 5.49. The van der Waals surface area contributed by atoms with Crippen molar-refractivity contribution in [2.24, 2.45) is 0 Å². The van der Waals surface area contributed by atoms with Crippen molar-refractivity contribution >= 4 is 9.84 Å². The second-order valence-corrected chi connectivity index (χ2v) is 8.03. The molecule has 0 bridgehead atoms. The Balaban J connectivity index is 1.81. The van der Waals surface area contributed by atoms with Gasteiger partial charge in [-0.2, -0.15) is 0 Å². The first-order valence-corrected chi connectivity index (χ1v) is 9.48. The number of sulfone groups is 1. The standard InChI is InChI=1S/C19H21NO2S/c1-16-7-9-18(10-8-16)14-20(13-17-5-3-2-4-6-17)19-11-12-23(21,22)15-19/h2-12,19H,13-15H2,1H3/t19-/m1/s1. The molecule has 3 rings (SSSR count). The van der Waals surface area contributed by atoms with Gasteiger partial charge >= 0.3 is 0 Å². The normalized spacial score (nSPS) is 19.3. The zero-order valence-corrected chi connectivity index (χ0v) is 14.0. The van der Waals surface area contributed by atoms with E-state index in [0.717, 1.165) is 13.1 Å². The number of nitrogens with zero attached hydrogens (tertiary/aromatic N) is 1. The zero-order valence-electron chi connectivity index (χ0n) is 13.2. The van der Waals surface area contributed by atoms with E-state index in [4.69, 9.17) is 0 Å². The third-order valence-electron chi connectivity index (χ3n) is 4.11. The van der Waals surface area contributed by atoms with Crippen LogP contribution in [0.2, 0.25) is 0 Å². The van der Waals surface area contributed by atoms with E-state index in [1.54, 1.807) is 0 Å². The van der Waals surface area contributed by atoms with Crippen LogP contribution < -0.4 is 0 Å². The van der Waals surface area contributed by atoms with E-state index in [1.807, 2.05) is 24.3 Å². The number of hydrogen-bond acceptors (Lipinski definition) is 3. The van der Waals surface area contributed by atoms with Crippen molar-refractivity contribution in [3.05, 3.63) is 82.8 Å². The van der Waals surface area contributed by atoms with Crippen LogP contribution in [0.15, 0.2) is 66.1 Å². The Morgan fingerprint density at radius 1 is 0.957 bits per heavy atom. The van der Waals surface area contributed by atoms with Crippen LogP contribution in [0.3, 0.4) is 0 Å². The molecule has 120 valence electrons. The first-order chi connectivity index (χ1) is 11.0. The van der Waals surface area contributed by atoms with Crippen LogP contribution in [0.4, 0.5) is 0 Å². The number of rotatable bonds is 5. The molecule has 0 aromatic heterocycles. The van der Waals surface area contributed by atoms with Crippen molar-refractivity contribution in [3.63, 3.8) is 0 Å². The monoisotopic (exact) mass is 327 g/mol. The minimum absolute atomic E-state index is 0.0680. The van der Waals surface area contributed by atoms with Gasteiger partial charge in [0.15, 0.2) is 9.84 Å². The fraction of sp³-hybridized carbons (Fsp3) is 0.263. The van der Waals surface area contributed by atoms with Gasteiger partial charge in [-0.25, -0.2) is 8.42 Å². The van der Waals surface area contributed by atoms with E-state index in [-0.39, 0.29) is 11.8 Å². The molecule has 1 aliphatic rings. The second-order valence-electron chi connectivity index (χ2n) is 6.10. The van der Waals surface area contributed by atoms with Crippen LogP contribution in [-0.2, 0) is 22.9 Å². The van der Waals surface area contributed by atoms with E-state index >= 15 is 0 Å². The lowest BCUT2D eigenvalue weighted by Crippen LogP contribution is -2.35. The highest BCUT2D eigenvalue weighted by atomic mass is 32.2. The van der Waals surface area contributed by atoms with E-state index in [9.17, 15) is 8.42 Å². The lowest BCUT2D eigenvalue weighted by molar-refractivity contribution is 0.226. The van der Waals surface area contributed by atoms with E-state index < -0.39 is 9.84 Å². The van der Waals surface area contributed by atoms with Gasteiger partial charge in [0.2, 0.25) is 0 Å². The number of aryl methyl sites for hydroxylation is 1. The van der Waals surface area contributed by atoms with Gasteiger partial charge in [0.05, 0.1) is 5.75 Å². The highest BCUT2D eigenvalue weighted by Gasteiger charge is 2.27. The molecule has 0 saturated carbocycles. The fourth-order valence-electron chi connectivity index (χ4n) is 2.82. The Hall–Kier alpha value is -1.91. The summed E-state index contributed by atoms with van der Waals surface area (Å²) in [6.45, 7) is 3.54. The van der Waals surface area contributed by atoms with Crippen molar-refractivity contribution < 1.29 is 8.42 Å². The Morgan fingerprint density at radius 2 is 1.57 bits per heavy atom. The van der Waals surface area contributed by atoms with E-state index in [2.05, 4.69) is 48.2 Å². The highest BCUT2D eigenvalue weighted by Crippen LogP contribution is 2.20. The predicted molar refractivity (Wildman–Crippen MR) is 93.6 cm³/mol. The van der Waals surface area contributed by atoms with Crippen LogP contribution in [-0.4, -0.2) is 25.1 Å². The summed E-state index contributed by atoms with van der Waals surface area (Å²) in [6.07, 6.45) is 1.81. The maximum Gasteiger partial charge on any atom is 0.173 e. The molecular weight excluding hydrogens is 306 g/mol. The molecule has 0 amide bonds. The minimum atomic E-state index is -3.05. The maximum atomic E-state index is 11.8. The molecule has 2 aromatic carbocycles. The highest BCUT2D eigenvalue weighted by molar-refractivity contribution is 7.94. The van der Waals surface area contributed by atoms with Gasteiger partial charge in [-0.15, -0.1) is 0 Å². The van der Waals surface area contributed by atoms with Crippen LogP contribution in [0.1, 0.15) is 16.7 Å². The van der Waals surface area contributed by atoms with Crippen molar-refractivity contribution in [2.75, 3.05) is 5.75 Å². The molecule has 23 heavy (non-hydrogen) atoms. The van der Waals surface area contributed by atoms with Gasteiger partial charge in [0, 0.05) is 24.5 Å². The molecule has 2 aromatic rings. The van der Waals surface area contributed by atoms with Crippen LogP contribution in [0.25, 0.3) is 0 Å². The van der Waals surface area contributed by atoms with E-state index in [1.165, 1.54) is 22.1 Å². The summed E-state index contributed by atoms with van der Waals surface area (Å²) in [5.74, 6) is 0.172. The SMILES string of the molecule is Cc1ccc(CN(Cc2ccccc2)[C@@H]2C=CS(=O)(=O)C2)cc1. The molecule has 0 radical (unpaired) electrons. The molecule has 0 N–H and O–H groups in total. The molecule has 0 saturated heterocycles. The van der Waals surface area contributed by atoms with Gasteiger partial charge in [-0.1, -0.05) is 66.2 Å². The summed E-state index contributed by atoms with van der Waals surface area (Å²) in [6, 6.07) is 18.5. The Bertz CT molecular complexity index is 780. The fourth-order valence-corrected chi connectivity index (χ4v) is 4.15. The Morgan fingerprint density at radius 3 is 2.13 bits per heavy atom. The predicted octanol–water partition coefficient (Wildman–Crippen LogP) is 3.31. The topological polar surface area (TPSA) is 37.4 Å². The molecule has 3 nitrogen and oxygen atoms in total. The molecule has 1 atom stereocenters. The van der Waals surface area contributed by atoms with Crippen LogP contribution >= 0.6 is 0 Å². The summed E-state index contributed by atoms with van der Waals surface area (Å²) < 4.78 is 23.6. The summed E-state index contributed by atoms with van der Waals surface area (Å²) >= 11 is 0. The lowest BCUT2D eigenvalue weighted by Gasteiger charge is -2.27. The molecule has 1 aliphatic heterocycles. The second kappa shape index (κ2) is 6.69. The first-order valence-electron chi connectivity index (χ1n) is 7.76. The lowest BCUT2D eigenvalue weighted by atomic mass is 10.1. The van der Waals surface area contributed by atoms with Gasteiger partial charge in [0.25, 0.3) is 0 Å². The van der Waals surface area contributed by atoms with Crippen LogP contribution in [0, 0.1) is 6.92 Å². The summed E-state index contributed by atoms with van der Waals surface area (Å²) in [7, 11) is -3.05. The van der Waals surface area contributed by atoms with Crippen molar-refractivity contribution in [1.82, 2.24) is 4.90 Å². The van der Waals surface area contributed by atoms with E-state index in [0.29, 0.717) is 0 Å². The molecule has 4 heteroatoms. The quantitative estimate of drug-likeness (QED) is 0.845. The average molecular weight is 327 g/mol. The summed E-state index contributed by atoms with van der Waals surface area (Å²) in [4.78, 5) is 2.22. The minimum Gasteiger partial charge on any atom is -0.287 e. The molecule has 0 fully saturated rings. The first kappa shape index (κ1) is 16.0. The summed E-state index contributed by atoms with van der Waals surface area (Å²) in [5.41, 5.74) is 3.62. The van der Waals surface area contributed by atoms with Gasteiger partial charge in [0.1, 0.15) is 0 Å². The third kappa shape index (κ3) is 4.30. The summed E-state index contributed by atoms with van der Waals surface area (Å²) in [5, 5.41) is 1.35. The Labute approximate surface area is 138 Å². The molecule has 0 unspecified atom stereocenters. The molecule has 1 heterocycles. The van der Waals surface area contributed by atoms with Gasteiger partial charge < -0.3 is 0 Å². The largest absolute Gasteiger partial charge is 0.287 e. The molecular formula is C19H21NO2S. The average Bonchev–Trinajstić information content (AvgIpc) is 2.90. The zero-order chi connectivity index (χ0) is 16.3. The van der Waals surface area contributed by atoms with Gasteiger partial charge in [-0.05, 0) is 18.1 Å². The molecule has 0 spiro atoms. The van der Waals surface area contributed by atoms with Crippen LogP contribution in [0.5, 0.6) is 0 Å². The molecule has 0 aliphatic carbocycles.